The van der Waals surface area contributed by atoms with E-state index in [1.54, 1.807) is 0 Å². The summed E-state index contributed by atoms with van der Waals surface area (Å²) in [6.45, 7) is 3.36. The second-order valence-electron chi connectivity index (χ2n) is 6.37. The van der Waals surface area contributed by atoms with Gasteiger partial charge in [-0.15, -0.1) is 0 Å². The molecule has 5 nitrogen and oxygen atoms in total. The average Bonchev–Trinajstić information content (AvgIpc) is 2.67. The van der Waals surface area contributed by atoms with Crippen LogP contribution in [0.3, 0.4) is 0 Å². The molecule has 0 fully saturated rings. The molecule has 1 amide bonds. The van der Waals surface area contributed by atoms with Crippen LogP contribution in [-0.4, -0.2) is 25.7 Å². The Morgan fingerprint density at radius 1 is 1.23 bits per heavy atom. The maximum atomic E-state index is 12.4. The summed E-state index contributed by atoms with van der Waals surface area (Å²) in [5, 5.41) is 3.48. The molecule has 26 heavy (non-hydrogen) atoms. The Morgan fingerprint density at radius 2 is 1.96 bits per heavy atom. The van der Waals surface area contributed by atoms with Crippen molar-refractivity contribution in [2.45, 2.75) is 19.4 Å². The molecule has 138 valence electrons. The lowest BCUT2D eigenvalue weighted by Gasteiger charge is -2.21. The topological polar surface area (TPSA) is 73.6 Å². The molecule has 2 aromatic carbocycles. The molecule has 0 spiro atoms. The van der Waals surface area contributed by atoms with E-state index in [1.807, 2.05) is 49.4 Å². The van der Waals surface area contributed by atoms with E-state index in [-0.39, 0.29) is 17.9 Å². The molecule has 2 atom stereocenters. The van der Waals surface area contributed by atoms with Crippen LogP contribution in [0.2, 0.25) is 5.02 Å². The van der Waals surface area contributed by atoms with Gasteiger partial charge in [0, 0.05) is 12.6 Å². The van der Waals surface area contributed by atoms with Crippen molar-refractivity contribution in [1.82, 2.24) is 5.32 Å². The Labute approximate surface area is 158 Å². The van der Waals surface area contributed by atoms with Gasteiger partial charge in [-0.3, -0.25) is 4.79 Å². The zero-order chi connectivity index (χ0) is 18.5. The molecule has 2 aromatic rings. The van der Waals surface area contributed by atoms with E-state index in [4.69, 9.17) is 26.8 Å². The SMILES string of the molecule is CC(C(=O)NCCc1cc(Cl)c2c(c1)OCCO2)C(N)c1ccccc1. The summed E-state index contributed by atoms with van der Waals surface area (Å²) in [6, 6.07) is 13.1. The number of hydrogen-bond donors (Lipinski definition) is 2. The molecule has 2 unspecified atom stereocenters. The summed E-state index contributed by atoms with van der Waals surface area (Å²) in [6.07, 6.45) is 0.648. The van der Waals surface area contributed by atoms with Gasteiger partial charge in [0.15, 0.2) is 11.5 Å². The summed E-state index contributed by atoms with van der Waals surface area (Å²) in [4.78, 5) is 12.4. The first kappa shape index (κ1) is 18.5. The molecule has 6 heteroatoms. The summed E-state index contributed by atoms with van der Waals surface area (Å²) >= 11 is 6.24. The van der Waals surface area contributed by atoms with Crippen LogP contribution in [-0.2, 0) is 11.2 Å². The largest absolute Gasteiger partial charge is 0.486 e. The number of fused-ring (bicyclic) bond motifs is 1. The van der Waals surface area contributed by atoms with E-state index in [1.165, 1.54) is 0 Å². The fraction of sp³-hybridized carbons (Fsp3) is 0.350. The predicted octanol–water partition coefficient (Wildman–Crippen LogP) is 3.11. The first-order valence-electron chi connectivity index (χ1n) is 8.72. The highest BCUT2D eigenvalue weighted by molar-refractivity contribution is 6.32. The number of nitrogens with one attached hydrogen (secondary N) is 1. The van der Waals surface area contributed by atoms with Gasteiger partial charge in [0.25, 0.3) is 0 Å². The number of nitrogens with two attached hydrogens (primary N) is 1. The number of benzene rings is 2. The summed E-state index contributed by atoms with van der Waals surface area (Å²) < 4.78 is 11.1. The average molecular weight is 375 g/mol. The Hall–Kier alpha value is -2.24. The van der Waals surface area contributed by atoms with Crippen LogP contribution in [0.1, 0.15) is 24.1 Å². The first-order valence-corrected chi connectivity index (χ1v) is 9.10. The van der Waals surface area contributed by atoms with Gasteiger partial charge in [0.05, 0.1) is 10.9 Å². The van der Waals surface area contributed by atoms with Crippen LogP contribution in [0.5, 0.6) is 11.5 Å². The minimum absolute atomic E-state index is 0.0648. The molecule has 1 aliphatic heterocycles. The third-order valence-corrected chi connectivity index (χ3v) is 4.79. The van der Waals surface area contributed by atoms with Crippen molar-refractivity contribution in [1.29, 1.82) is 0 Å². The number of rotatable bonds is 6. The van der Waals surface area contributed by atoms with E-state index in [0.717, 1.165) is 11.1 Å². The number of hydrogen-bond acceptors (Lipinski definition) is 4. The van der Waals surface area contributed by atoms with Gasteiger partial charge in [-0.05, 0) is 29.7 Å². The molecule has 0 saturated carbocycles. The fourth-order valence-electron chi connectivity index (χ4n) is 2.93. The Balaban J connectivity index is 1.54. The zero-order valence-corrected chi connectivity index (χ0v) is 15.5. The Bertz CT molecular complexity index is 767. The van der Waals surface area contributed by atoms with Crippen molar-refractivity contribution in [2.75, 3.05) is 19.8 Å². The lowest BCUT2D eigenvalue weighted by Crippen LogP contribution is -2.36. The molecule has 0 radical (unpaired) electrons. The van der Waals surface area contributed by atoms with Gasteiger partial charge >= 0.3 is 0 Å². The van der Waals surface area contributed by atoms with Crippen LogP contribution >= 0.6 is 11.6 Å². The molecule has 0 aliphatic carbocycles. The van der Waals surface area contributed by atoms with E-state index in [0.29, 0.717) is 42.7 Å². The maximum Gasteiger partial charge on any atom is 0.224 e. The van der Waals surface area contributed by atoms with Gasteiger partial charge in [0.1, 0.15) is 13.2 Å². The number of halogens is 1. The van der Waals surface area contributed by atoms with Gasteiger partial charge in [0.2, 0.25) is 5.91 Å². The molecule has 1 aliphatic rings. The van der Waals surface area contributed by atoms with E-state index in [2.05, 4.69) is 5.32 Å². The van der Waals surface area contributed by atoms with Crippen molar-refractivity contribution >= 4 is 17.5 Å². The summed E-state index contributed by atoms with van der Waals surface area (Å²) in [5.41, 5.74) is 8.15. The Morgan fingerprint density at radius 3 is 2.73 bits per heavy atom. The predicted molar refractivity (Wildman–Crippen MR) is 102 cm³/mol. The van der Waals surface area contributed by atoms with Gasteiger partial charge in [-0.1, -0.05) is 48.9 Å². The molecule has 0 aromatic heterocycles. The van der Waals surface area contributed by atoms with Crippen LogP contribution in [0.4, 0.5) is 0 Å². The minimum atomic E-state index is -0.333. The molecule has 1 heterocycles. The maximum absolute atomic E-state index is 12.4. The number of amides is 1. The number of carbonyl (C=O) groups is 1. The monoisotopic (exact) mass is 374 g/mol. The van der Waals surface area contributed by atoms with Gasteiger partial charge in [-0.25, -0.2) is 0 Å². The third kappa shape index (κ3) is 4.29. The first-order chi connectivity index (χ1) is 12.6. The van der Waals surface area contributed by atoms with Crippen molar-refractivity contribution in [3.8, 4) is 11.5 Å². The van der Waals surface area contributed by atoms with Crippen LogP contribution in [0.25, 0.3) is 0 Å². The van der Waals surface area contributed by atoms with Crippen molar-refractivity contribution in [2.24, 2.45) is 11.7 Å². The third-order valence-electron chi connectivity index (χ3n) is 4.51. The smallest absolute Gasteiger partial charge is 0.224 e. The fourth-order valence-corrected chi connectivity index (χ4v) is 3.21. The zero-order valence-electron chi connectivity index (χ0n) is 14.7. The van der Waals surface area contributed by atoms with E-state index in [9.17, 15) is 4.79 Å². The van der Waals surface area contributed by atoms with Crippen LogP contribution in [0, 0.1) is 5.92 Å². The van der Waals surface area contributed by atoms with Crippen LogP contribution in [0.15, 0.2) is 42.5 Å². The summed E-state index contributed by atoms with van der Waals surface area (Å²) in [5.74, 6) is 0.865. The second kappa shape index (κ2) is 8.43. The molecule has 3 rings (SSSR count). The molecule has 0 bridgehead atoms. The van der Waals surface area contributed by atoms with Crippen molar-refractivity contribution in [3.05, 3.63) is 58.6 Å². The quantitative estimate of drug-likeness (QED) is 0.814. The highest BCUT2D eigenvalue weighted by Gasteiger charge is 2.22. The molecule has 0 saturated heterocycles. The van der Waals surface area contributed by atoms with E-state index >= 15 is 0 Å². The lowest BCUT2D eigenvalue weighted by atomic mass is 9.94. The molecular formula is C20H23ClN2O3. The van der Waals surface area contributed by atoms with Gasteiger partial charge in [-0.2, -0.15) is 0 Å². The molecular weight excluding hydrogens is 352 g/mol. The highest BCUT2D eigenvalue weighted by atomic mass is 35.5. The number of carbonyl (C=O) groups excluding carboxylic acids is 1. The summed E-state index contributed by atoms with van der Waals surface area (Å²) in [7, 11) is 0. The minimum Gasteiger partial charge on any atom is -0.486 e. The van der Waals surface area contributed by atoms with Crippen molar-refractivity contribution < 1.29 is 14.3 Å². The normalized spacial score (nSPS) is 15.2. The highest BCUT2D eigenvalue weighted by Crippen LogP contribution is 2.38. The number of ether oxygens (including phenoxy) is 2. The van der Waals surface area contributed by atoms with Crippen molar-refractivity contribution in [3.63, 3.8) is 0 Å². The van der Waals surface area contributed by atoms with Gasteiger partial charge < -0.3 is 20.5 Å². The second-order valence-corrected chi connectivity index (χ2v) is 6.78. The molecule has 3 N–H and O–H groups in total. The Kier molecular flexibility index (Phi) is 6.01. The van der Waals surface area contributed by atoms with Crippen LogP contribution < -0.4 is 20.5 Å². The standard InChI is InChI=1S/C20H23ClN2O3/c1-13(18(22)15-5-3-2-4-6-15)20(24)23-8-7-14-11-16(21)19-17(12-14)25-9-10-26-19/h2-6,11-13,18H,7-10,22H2,1H3,(H,23,24). The lowest BCUT2D eigenvalue weighted by molar-refractivity contribution is -0.125. The van der Waals surface area contributed by atoms with E-state index < -0.39 is 0 Å².